The maximum absolute atomic E-state index is 6.30. The molecule has 20 heavy (non-hydrogen) atoms. The van der Waals surface area contributed by atoms with E-state index in [-0.39, 0.29) is 5.54 Å². The van der Waals surface area contributed by atoms with Crippen LogP contribution in [0.5, 0.6) is 0 Å². The number of hydrogen-bond donors (Lipinski definition) is 1. The van der Waals surface area contributed by atoms with Crippen LogP contribution in [0.3, 0.4) is 0 Å². The fourth-order valence-corrected chi connectivity index (χ4v) is 5.08. The maximum atomic E-state index is 6.30. The molecule has 0 aromatic rings. The number of rotatable bonds is 4. The number of nitrogens with zero attached hydrogens (tertiary/aromatic N) is 2. The van der Waals surface area contributed by atoms with Crippen LogP contribution in [0.2, 0.25) is 0 Å². The monoisotopic (exact) mass is 299 g/mol. The van der Waals surface area contributed by atoms with E-state index in [1.807, 2.05) is 0 Å². The van der Waals surface area contributed by atoms with Crippen molar-refractivity contribution < 1.29 is 0 Å². The second-order valence-electron chi connectivity index (χ2n) is 6.63. The van der Waals surface area contributed by atoms with Crippen molar-refractivity contribution >= 4 is 11.8 Å². The van der Waals surface area contributed by atoms with Gasteiger partial charge in [0, 0.05) is 35.7 Å². The van der Waals surface area contributed by atoms with Crippen molar-refractivity contribution in [2.24, 2.45) is 5.73 Å². The summed E-state index contributed by atoms with van der Waals surface area (Å²) in [5, 5.41) is 0.738. The fraction of sp³-hybridized carbons (Fsp3) is 1.00. The highest BCUT2D eigenvalue weighted by atomic mass is 32.2. The van der Waals surface area contributed by atoms with Gasteiger partial charge < -0.3 is 10.6 Å². The van der Waals surface area contributed by atoms with Gasteiger partial charge in [-0.2, -0.15) is 11.8 Å². The van der Waals surface area contributed by atoms with Crippen molar-refractivity contribution in [1.82, 2.24) is 9.80 Å². The summed E-state index contributed by atoms with van der Waals surface area (Å²) in [7, 11) is 0. The Morgan fingerprint density at radius 2 is 2.00 bits per heavy atom. The van der Waals surface area contributed by atoms with E-state index in [1.165, 1.54) is 57.6 Å². The molecule has 2 N–H and O–H groups in total. The van der Waals surface area contributed by atoms with Gasteiger partial charge in [0.1, 0.15) is 0 Å². The van der Waals surface area contributed by atoms with Crippen LogP contribution in [0.1, 0.15) is 46.5 Å². The van der Waals surface area contributed by atoms with Crippen LogP contribution in [0.4, 0.5) is 0 Å². The summed E-state index contributed by atoms with van der Waals surface area (Å²) in [4.78, 5) is 5.41. The van der Waals surface area contributed by atoms with Crippen LogP contribution in [0.25, 0.3) is 0 Å². The number of likely N-dealkylation sites (tertiary alicyclic amines) is 1. The molecule has 0 aromatic heterocycles. The number of thioether (sulfide) groups is 1. The molecule has 3 nitrogen and oxygen atoms in total. The summed E-state index contributed by atoms with van der Waals surface area (Å²) in [6.07, 6.45) is 5.11. The zero-order valence-electron chi connectivity index (χ0n) is 13.6. The first-order valence-electron chi connectivity index (χ1n) is 8.44. The standard InChI is InChI=1S/C16H33N3S/c1-4-8-18-9-5-6-16(13-17,7-10-18)19-11-12-20-15(3)14(19)2/h14-15H,4-13,17H2,1-3H3. The Balaban J connectivity index is 2.08. The van der Waals surface area contributed by atoms with Gasteiger partial charge in [-0.05, 0) is 52.2 Å². The van der Waals surface area contributed by atoms with Crippen LogP contribution >= 0.6 is 11.8 Å². The summed E-state index contributed by atoms with van der Waals surface area (Å²) in [6, 6.07) is 0.662. The molecule has 0 saturated carbocycles. The Morgan fingerprint density at radius 3 is 2.70 bits per heavy atom. The highest BCUT2D eigenvalue weighted by Gasteiger charge is 2.41. The third kappa shape index (κ3) is 3.52. The van der Waals surface area contributed by atoms with Crippen molar-refractivity contribution in [2.75, 3.05) is 38.5 Å². The molecule has 118 valence electrons. The van der Waals surface area contributed by atoms with Crippen LogP contribution in [-0.2, 0) is 0 Å². The molecule has 2 fully saturated rings. The van der Waals surface area contributed by atoms with Gasteiger partial charge in [-0.3, -0.25) is 4.90 Å². The minimum atomic E-state index is 0.261. The van der Waals surface area contributed by atoms with Crippen LogP contribution in [0, 0.1) is 0 Å². The topological polar surface area (TPSA) is 32.5 Å². The van der Waals surface area contributed by atoms with Crippen molar-refractivity contribution in [1.29, 1.82) is 0 Å². The summed E-state index contributed by atoms with van der Waals surface area (Å²) in [6.45, 7) is 12.9. The first-order valence-corrected chi connectivity index (χ1v) is 9.48. The predicted octanol–water partition coefficient (Wildman–Crippen LogP) is 2.41. The third-order valence-corrected chi connectivity index (χ3v) is 6.76. The van der Waals surface area contributed by atoms with Gasteiger partial charge in [0.15, 0.2) is 0 Å². The lowest BCUT2D eigenvalue weighted by atomic mass is 9.86. The van der Waals surface area contributed by atoms with Crippen molar-refractivity contribution in [3.8, 4) is 0 Å². The van der Waals surface area contributed by atoms with Gasteiger partial charge in [0.25, 0.3) is 0 Å². The molecule has 0 amide bonds. The highest BCUT2D eigenvalue weighted by molar-refractivity contribution is 8.00. The molecule has 0 spiro atoms. The molecule has 2 saturated heterocycles. The zero-order chi connectivity index (χ0) is 14.6. The molecule has 3 atom stereocenters. The predicted molar refractivity (Wildman–Crippen MR) is 90.5 cm³/mol. The molecular formula is C16H33N3S. The molecule has 0 aromatic carbocycles. The zero-order valence-corrected chi connectivity index (χ0v) is 14.4. The second-order valence-corrected chi connectivity index (χ2v) is 8.12. The molecule has 2 rings (SSSR count). The van der Waals surface area contributed by atoms with Crippen molar-refractivity contribution in [3.63, 3.8) is 0 Å². The molecular weight excluding hydrogens is 266 g/mol. The Hall–Kier alpha value is 0.230. The molecule has 2 aliphatic heterocycles. The van der Waals surface area contributed by atoms with Gasteiger partial charge in [0.2, 0.25) is 0 Å². The van der Waals surface area contributed by atoms with Gasteiger partial charge in [0.05, 0.1) is 0 Å². The average molecular weight is 300 g/mol. The lowest BCUT2D eigenvalue weighted by molar-refractivity contribution is 0.0444. The highest BCUT2D eigenvalue weighted by Crippen LogP contribution is 2.35. The summed E-state index contributed by atoms with van der Waals surface area (Å²) >= 11 is 2.12. The minimum absolute atomic E-state index is 0.261. The third-order valence-electron chi connectivity index (χ3n) is 5.42. The van der Waals surface area contributed by atoms with E-state index in [9.17, 15) is 0 Å². The van der Waals surface area contributed by atoms with Gasteiger partial charge in [-0.15, -0.1) is 0 Å². The van der Waals surface area contributed by atoms with Crippen molar-refractivity contribution in [3.05, 3.63) is 0 Å². The van der Waals surface area contributed by atoms with E-state index in [1.54, 1.807) is 0 Å². The van der Waals surface area contributed by atoms with Gasteiger partial charge >= 0.3 is 0 Å². The molecule has 0 aliphatic carbocycles. The van der Waals surface area contributed by atoms with Gasteiger partial charge in [-0.25, -0.2) is 0 Å². The molecule has 2 aliphatic rings. The molecule has 3 unspecified atom stereocenters. The Morgan fingerprint density at radius 1 is 1.20 bits per heavy atom. The molecule has 2 heterocycles. The largest absolute Gasteiger partial charge is 0.329 e. The van der Waals surface area contributed by atoms with Crippen LogP contribution < -0.4 is 5.73 Å². The first kappa shape index (κ1) is 16.6. The van der Waals surface area contributed by atoms with Crippen LogP contribution in [0.15, 0.2) is 0 Å². The van der Waals surface area contributed by atoms with E-state index in [0.29, 0.717) is 6.04 Å². The molecule has 0 radical (unpaired) electrons. The normalized spacial score (nSPS) is 37.8. The Kier molecular flexibility index (Phi) is 6.21. The van der Waals surface area contributed by atoms with E-state index in [4.69, 9.17) is 5.73 Å². The van der Waals surface area contributed by atoms with Crippen molar-refractivity contribution in [2.45, 2.75) is 63.3 Å². The van der Waals surface area contributed by atoms with E-state index in [0.717, 1.165) is 11.8 Å². The molecule has 0 bridgehead atoms. The Labute approximate surface area is 129 Å². The summed E-state index contributed by atoms with van der Waals surface area (Å²) < 4.78 is 0. The Bertz CT molecular complexity index is 299. The van der Waals surface area contributed by atoms with E-state index < -0.39 is 0 Å². The second kappa shape index (κ2) is 7.48. The number of hydrogen-bond acceptors (Lipinski definition) is 4. The SMILES string of the molecule is CCCN1CCCC(CN)(N2CCSC(C)C2C)CC1. The maximum Gasteiger partial charge on any atom is 0.0347 e. The summed E-state index contributed by atoms with van der Waals surface area (Å²) in [5.74, 6) is 1.27. The smallest absolute Gasteiger partial charge is 0.0347 e. The first-order chi connectivity index (χ1) is 9.63. The lowest BCUT2D eigenvalue weighted by Crippen LogP contribution is -2.61. The molecule has 4 heteroatoms. The van der Waals surface area contributed by atoms with Gasteiger partial charge in [-0.1, -0.05) is 13.8 Å². The average Bonchev–Trinajstić information content (AvgIpc) is 2.66. The lowest BCUT2D eigenvalue weighted by Gasteiger charge is -2.50. The summed E-state index contributed by atoms with van der Waals surface area (Å²) in [5.41, 5.74) is 6.56. The van der Waals surface area contributed by atoms with E-state index >= 15 is 0 Å². The minimum Gasteiger partial charge on any atom is -0.329 e. The van der Waals surface area contributed by atoms with E-state index in [2.05, 4.69) is 42.3 Å². The quantitative estimate of drug-likeness (QED) is 0.864. The number of nitrogens with two attached hydrogens (primary N) is 1. The van der Waals surface area contributed by atoms with Crippen LogP contribution in [-0.4, -0.2) is 65.1 Å². The fourth-order valence-electron chi connectivity index (χ4n) is 3.99.